The average molecular weight is 450 g/mol. The van der Waals surface area contributed by atoms with Crippen molar-refractivity contribution in [2.24, 2.45) is 0 Å². The van der Waals surface area contributed by atoms with E-state index in [1.807, 2.05) is 30.0 Å². The summed E-state index contributed by atoms with van der Waals surface area (Å²) in [6, 6.07) is 11.0. The highest BCUT2D eigenvalue weighted by molar-refractivity contribution is 5.66. The Hall–Kier alpha value is -3.64. The standard InChI is InChI=1S/C24H24F2N6O/c1-16-3-6-22(17(11-16)12-27)31-9-7-20-19(14-31)24(30-15-29-20)32(8-2-10-33)18-4-5-21(23(25)26)28-13-18/h3-6,11,13,15,23,33H,2,7-10,14H2,1H3. The van der Waals surface area contributed by atoms with Crippen molar-refractivity contribution in [2.45, 2.75) is 32.7 Å². The molecule has 2 aromatic heterocycles. The van der Waals surface area contributed by atoms with Crippen molar-refractivity contribution in [3.05, 3.63) is 70.9 Å². The van der Waals surface area contributed by atoms with Gasteiger partial charge < -0.3 is 14.9 Å². The van der Waals surface area contributed by atoms with Gasteiger partial charge in [0, 0.05) is 38.2 Å². The van der Waals surface area contributed by atoms with Gasteiger partial charge in [0.15, 0.2) is 0 Å². The molecule has 33 heavy (non-hydrogen) atoms. The Bertz CT molecular complexity index is 1160. The molecule has 0 aliphatic carbocycles. The lowest BCUT2D eigenvalue weighted by atomic mass is 10.0. The zero-order chi connectivity index (χ0) is 23.4. The molecule has 1 aliphatic heterocycles. The third kappa shape index (κ3) is 4.76. The van der Waals surface area contributed by atoms with Gasteiger partial charge in [0.2, 0.25) is 0 Å². The number of hydrogen-bond acceptors (Lipinski definition) is 7. The van der Waals surface area contributed by atoms with Gasteiger partial charge in [0.05, 0.1) is 28.8 Å². The normalized spacial score (nSPS) is 13.0. The molecule has 0 bridgehead atoms. The maximum atomic E-state index is 13.0. The predicted molar refractivity (Wildman–Crippen MR) is 121 cm³/mol. The monoisotopic (exact) mass is 450 g/mol. The van der Waals surface area contributed by atoms with E-state index in [1.54, 1.807) is 6.07 Å². The van der Waals surface area contributed by atoms with Crippen molar-refractivity contribution in [3.8, 4) is 6.07 Å². The van der Waals surface area contributed by atoms with Gasteiger partial charge in [0.25, 0.3) is 6.43 Å². The van der Waals surface area contributed by atoms with Gasteiger partial charge in [-0.3, -0.25) is 4.98 Å². The fraction of sp³-hybridized carbons (Fsp3) is 0.333. The quantitative estimate of drug-likeness (QED) is 0.580. The van der Waals surface area contributed by atoms with Crippen LogP contribution in [-0.4, -0.2) is 39.8 Å². The molecule has 3 heterocycles. The van der Waals surface area contributed by atoms with E-state index in [9.17, 15) is 19.1 Å². The fourth-order valence-electron chi connectivity index (χ4n) is 4.05. The number of hydrogen-bond donors (Lipinski definition) is 1. The van der Waals surface area contributed by atoms with Crippen molar-refractivity contribution in [2.75, 3.05) is 29.5 Å². The Morgan fingerprint density at radius 1 is 1.21 bits per heavy atom. The van der Waals surface area contributed by atoms with Gasteiger partial charge in [-0.05, 0) is 43.2 Å². The van der Waals surface area contributed by atoms with Crippen LogP contribution in [0.5, 0.6) is 0 Å². The van der Waals surface area contributed by atoms with Gasteiger partial charge in [0.1, 0.15) is 23.9 Å². The third-order valence-corrected chi connectivity index (χ3v) is 5.69. The number of nitriles is 1. The second-order valence-electron chi connectivity index (χ2n) is 7.90. The van der Waals surface area contributed by atoms with Crippen molar-refractivity contribution in [3.63, 3.8) is 0 Å². The van der Waals surface area contributed by atoms with Crippen LogP contribution in [0.3, 0.4) is 0 Å². The first kappa shape index (κ1) is 22.6. The average Bonchev–Trinajstić information content (AvgIpc) is 2.84. The van der Waals surface area contributed by atoms with E-state index in [1.165, 1.54) is 18.6 Å². The molecule has 0 amide bonds. The molecular formula is C24H24F2N6O. The van der Waals surface area contributed by atoms with Crippen molar-refractivity contribution < 1.29 is 13.9 Å². The van der Waals surface area contributed by atoms with Crippen LogP contribution in [0.4, 0.5) is 26.0 Å². The van der Waals surface area contributed by atoms with Gasteiger partial charge in [-0.2, -0.15) is 5.26 Å². The van der Waals surface area contributed by atoms with Gasteiger partial charge in [-0.1, -0.05) is 6.07 Å². The molecule has 9 heteroatoms. The Balaban J connectivity index is 1.72. The highest BCUT2D eigenvalue weighted by atomic mass is 19.3. The number of nitrogens with zero attached hydrogens (tertiary/aromatic N) is 6. The second-order valence-corrected chi connectivity index (χ2v) is 7.90. The molecule has 0 fully saturated rings. The lowest BCUT2D eigenvalue weighted by Crippen LogP contribution is -2.34. The second kappa shape index (κ2) is 9.88. The molecule has 1 aliphatic rings. The molecule has 0 saturated heterocycles. The molecule has 0 atom stereocenters. The summed E-state index contributed by atoms with van der Waals surface area (Å²) in [5.41, 5.74) is 4.62. The summed E-state index contributed by atoms with van der Waals surface area (Å²) in [7, 11) is 0. The van der Waals surface area contributed by atoms with E-state index in [0.29, 0.717) is 49.5 Å². The summed E-state index contributed by atoms with van der Waals surface area (Å²) in [6.07, 6.45) is 1.41. The van der Waals surface area contributed by atoms with Crippen LogP contribution in [0.1, 0.15) is 40.9 Å². The van der Waals surface area contributed by atoms with Crippen LogP contribution in [0.15, 0.2) is 42.9 Å². The highest BCUT2D eigenvalue weighted by Crippen LogP contribution is 2.34. The summed E-state index contributed by atoms with van der Waals surface area (Å²) >= 11 is 0. The summed E-state index contributed by atoms with van der Waals surface area (Å²) in [6.45, 7) is 3.58. The topological polar surface area (TPSA) is 89.2 Å². The number of aryl methyl sites for hydroxylation is 1. The molecule has 1 aromatic carbocycles. The van der Waals surface area contributed by atoms with Crippen LogP contribution in [0.25, 0.3) is 0 Å². The maximum absolute atomic E-state index is 13.0. The first-order valence-electron chi connectivity index (χ1n) is 10.7. The van der Waals surface area contributed by atoms with E-state index in [0.717, 1.165) is 22.5 Å². The molecule has 0 unspecified atom stereocenters. The Morgan fingerprint density at radius 2 is 2.06 bits per heavy atom. The highest BCUT2D eigenvalue weighted by Gasteiger charge is 2.26. The number of aliphatic hydroxyl groups excluding tert-OH is 1. The lowest BCUT2D eigenvalue weighted by molar-refractivity contribution is 0.146. The fourth-order valence-corrected chi connectivity index (χ4v) is 4.05. The van der Waals surface area contributed by atoms with Crippen molar-refractivity contribution >= 4 is 17.2 Å². The largest absolute Gasteiger partial charge is 0.396 e. The Labute approximate surface area is 191 Å². The molecule has 4 rings (SSSR count). The molecule has 170 valence electrons. The van der Waals surface area contributed by atoms with Crippen LogP contribution < -0.4 is 9.80 Å². The molecule has 0 spiro atoms. The van der Waals surface area contributed by atoms with E-state index in [4.69, 9.17) is 0 Å². The smallest absolute Gasteiger partial charge is 0.280 e. The number of fused-ring (bicyclic) bond motifs is 1. The summed E-state index contributed by atoms with van der Waals surface area (Å²) in [4.78, 5) is 16.9. The summed E-state index contributed by atoms with van der Waals surface area (Å²) in [5, 5.41) is 19.0. The minimum absolute atomic E-state index is 0.0205. The molecule has 0 saturated carbocycles. The Kier molecular flexibility index (Phi) is 6.75. The zero-order valence-corrected chi connectivity index (χ0v) is 18.2. The number of aromatic nitrogens is 3. The van der Waals surface area contributed by atoms with Gasteiger partial charge in [-0.25, -0.2) is 18.7 Å². The number of alkyl halides is 2. The maximum Gasteiger partial charge on any atom is 0.280 e. The van der Waals surface area contributed by atoms with Crippen LogP contribution in [-0.2, 0) is 13.0 Å². The van der Waals surface area contributed by atoms with Crippen LogP contribution >= 0.6 is 0 Å². The third-order valence-electron chi connectivity index (χ3n) is 5.69. The SMILES string of the molecule is Cc1ccc(N2CCc3ncnc(N(CCCO)c4ccc(C(F)F)nc4)c3C2)c(C#N)c1. The summed E-state index contributed by atoms with van der Waals surface area (Å²) < 4.78 is 26.0. The number of anilines is 3. The molecule has 3 aromatic rings. The van der Waals surface area contributed by atoms with E-state index in [2.05, 4.69) is 25.9 Å². The number of benzene rings is 1. The van der Waals surface area contributed by atoms with Crippen LogP contribution in [0.2, 0.25) is 0 Å². The summed E-state index contributed by atoms with van der Waals surface area (Å²) in [5.74, 6) is 0.648. The van der Waals surface area contributed by atoms with E-state index >= 15 is 0 Å². The molecule has 1 N–H and O–H groups in total. The van der Waals surface area contributed by atoms with Crippen molar-refractivity contribution in [1.29, 1.82) is 5.26 Å². The number of rotatable bonds is 7. The zero-order valence-electron chi connectivity index (χ0n) is 18.2. The minimum atomic E-state index is -2.64. The molecule has 0 radical (unpaired) electrons. The van der Waals surface area contributed by atoms with E-state index in [-0.39, 0.29) is 12.3 Å². The predicted octanol–water partition coefficient (Wildman–Crippen LogP) is 4.07. The van der Waals surface area contributed by atoms with Crippen LogP contribution in [0, 0.1) is 18.3 Å². The van der Waals surface area contributed by atoms with Gasteiger partial charge in [-0.15, -0.1) is 0 Å². The molecular weight excluding hydrogens is 426 g/mol. The molecule has 7 nitrogen and oxygen atoms in total. The van der Waals surface area contributed by atoms with E-state index < -0.39 is 6.43 Å². The Morgan fingerprint density at radius 3 is 2.76 bits per heavy atom. The first-order valence-corrected chi connectivity index (χ1v) is 10.7. The first-order chi connectivity index (χ1) is 16.0. The minimum Gasteiger partial charge on any atom is -0.396 e. The number of aliphatic hydroxyl groups is 1. The van der Waals surface area contributed by atoms with Crippen molar-refractivity contribution in [1.82, 2.24) is 15.0 Å². The number of pyridine rings is 1. The number of halogens is 2. The van der Waals surface area contributed by atoms with Gasteiger partial charge >= 0.3 is 0 Å². The lowest BCUT2D eigenvalue weighted by Gasteiger charge is -2.34.